The monoisotopic (exact) mass is 454 g/mol. The van der Waals surface area contributed by atoms with Crippen LogP contribution in [0.1, 0.15) is 6.92 Å². The average Bonchev–Trinajstić information content (AvgIpc) is 3.41. The van der Waals surface area contributed by atoms with Gasteiger partial charge in [0, 0.05) is 12.6 Å². The van der Waals surface area contributed by atoms with Crippen LogP contribution in [-0.4, -0.2) is 43.2 Å². The number of aromatic nitrogens is 5. The van der Waals surface area contributed by atoms with E-state index in [-0.39, 0.29) is 23.4 Å². The lowest BCUT2D eigenvalue weighted by Crippen LogP contribution is -2.15. The number of anilines is 1. The highest BCUT2D eigenvalue weighted by atomic mass is 32.2. The summed E-state index contributed by atoms with van der Waals surface area (Å²) in [5.74, 6) is 1.02. The molecule has 164 valence electrons. The van der Waals surface area contributed by atoms with Gasteiger partial charge in [-0.05, 0) is 43.3 Å². The molecule has 4 aromatic rings. The molecule has 1 N–H and O–H groups in total. The number of hydrogen-bond acceptors (Lipinski definition) is 8. The van der Waals surface area contributed by atoms with E-state index in [1.54, 1.807) is 35.9 Å². The third-order valence-corrected chi connectivity index (χ3v) is 5.37. The van der Waals surface area contributed by atoms with Crippen LogP contribution in [-0.2, 0) is 11.8 Å². The van der Waals surface area contributed by atoms with Gasteiger partial charge in [-0.15, -0.1) is 10.2 Å². The van der Waals surface area contributed by atoms with Crippen molar-refractivity contribution in [1.82, 2.24) is 24.9 Å². The van der Waals surface area contributed by atoms with Crippen molar-refractivity contribution in [2.24, 2.45) is 7.05 Å². The molecule has 0 spiro atoms. The van der Waals surface area contributed by atoms with Crippen molar-refractivity contribution in [1.29, 1.82) is 0 Å². The number of rotatable bonds is 8. The van der Waals surface area contributed by atoms with Crippen LogP contribution in [0.15, 0.2) is 58.2 Å². The van der Waals surface area contributed by atoms with Crippen LogP contribution >= 0.6 is 11.8 Å². The lowest BCUT2D eigenvalue weighted by molar-refractivity contribution is -0.113. The van der Waals surface area contributed by atoms with E-state index >= 15 is 0 Å². The Morgan fingerprint density at radius 1 is 1.19 bits per heavy atom. The van der Waals surface area contributed by atoms with Gasteiger partial charge in [-0.1, -0.05) is 29.1 Å². The SMILES string of the molecule is CCOc1ccccc1NC(=O)CSc1nnc(-c2nc(-c3ccc(F)cc3)no2)n1C. The van der Waals surface area contributed by atoms with E-state index in [2.05, 4.69) is 25.7 Å². The number of benzene rings is 2. The Labute approximate surface area is 187 Å². The molecule has 0 saturated carbocycles. The fourth-order valence-electron chi connectivity index (χ4n) is 2.83. The number of nitrogens with one attached hydrogen (secondary N) is 1. The first-order valence-electron chi connectivity index (χ1n) is 9.69. The minimum absolute atomic E-state index is 0.122. The van der Waals surface area contributed by atoms with E-state index in [9.17, 15) is 9.18 Å². The highest BCUT2D eigenvalue weighted by Gasteiger charge is 2.19. The molecule has 0 unspecified atom stereocenters. The summed E-state index contributed by atoms with van der Waals surface area (Å²) in [5.41, 5.74) is 1.22. The summed E-state index contributed by atoms with van der Waals surface area (Å²) in [5, 5.41) is 15.5. The summed E-state index contributed by atoms with van der Waals surface area (Å²) in [6.45, 7) is 2.38. The van der Waals surface area contributed by atoms with Gasteiger partial charge in [0.2, 0.25) is 17.6 Å². The Kier molecular flexibility index (Phi) is 6.45. The van der Waals surface area contributed by atoms with Crippen LogP contribution in [0, 0.1) is 5.82 Å². The molecule has 0 radical (unpaired) electrons. The number of halogens is 1. The number of para-hydroxylation sites is 2. The van der Waals surface area contributed by atoms with Crippen molar-refractivity contribution in [2.75, 3.05) is 17.7 Å². The molecule has 9 nitrogen and oxygen atoms in total. The zero-order chi connectivity index (χ0) is 22.5. The molecule has 1 amide bonds. The van der Waals surface area contributed by atoms with Crippen LogP contribution in [0.25, 0.3) is 23.1 Å². The van der Waals surface area contributed by atoms with Crippen molar-refractivity contribution in [3.05, 3.63) is 54.3 Å². The first-order chi connectivity index (χ1) is 15.5. The molecule has 0 aliphatic heterocycles. The van der Waals surface area contributed by atoms with Gasteiger partial charge >= 0.3 is 0 Å². The first kappa shape index (κ1) is 21.5. The number of thioether (sulfide) groups is 1. The van der Waals surface area contributed by atoms with Crippen molar-refractivity contribution in [3.8, 4) is 28.9 Å². The summed E-state index contributed by atoms with van der Waals surface area (Å²) >= 11 is 1.22. The van der Waals surface area contributed by atoms with E-state index < -0.39 is 0 Å². The second kappa shape index (κ2) is 9.60. The van der Waals surface area contributed by atoms with Gasteiger partial charge in [-0.2, -0.15) is 4.98 Å². The molecule has 2 heterocycles. The second-order valence-electron chi connectivity index (χ2n) is 6.56. The number of amides is 1. The molecular formula is C21H19FN6O3S. The largest absolute Gasteiger partial charge is 0.492 e. The summed E-state index contributed by atoms with van der Waals surface area (Å²) < 4.78 is 25.6. The van der Waals surface area contributed by atoms with Crippen molar-refractivity contribution in [3.63, 3.8) is 0 Å². The van der Waals surface area contributed by atoms with Gasteiger partial charge in [0.1, 0.15) is 11.6 Å². The third kappa shape index (κ3) is 4.78. The Hall–Kier alpha value is -3.73. The molecule has 2 aromatic carbocycles. The lowest BCUT2D eigenvalue weighted by atomic mass is 10.2. The van der Waals surface area contributed by atoms with E-state index in [0.717, 1.165) is 0 Å². The van der Waals surface area contributed by atoms with Crippen molar-refractivity contribution >= 4 is 23.4 Å². The van der Waals surface area contributed by atoms with E-state index in [1.807, 2.05) is 19.1 Å². The quantitative estimate of drug-likeness (QED) is 0.401. The van der Waals surface area contributed by atoms with Gasteiger partial charge in [0.05, 0.1) is 18.0 Å². The smallest absolute Gasteiger partial charge is 0.296 e. The Balaban J connectivity index is 1.41. The van der Waals surface area contributed by atoms with Gasteiger partial charge in [0.15, 0.2) is 5.16 Å². The van der Waals surface area contributed by atoms with Crippen LogP contribution in [0.5, 0.6) is 5.75 Å². The molecule has 0 bridgehead atoms. The number of carbonyl (C=O) groups is 1. The molecule has 0 aliphatic rings. The predicted molar refractivity (Wildman–Crippen MR) is 117 cm³/mol. The van der Waals surface area contributed by atoms with Crippen LogP contribution in [0.2, 0.25) is 0 Å². The van der Waals surface area contributed by atoms with E-state index in [4.69, 9.17) is 9.26 Å². The number of nitrogens with zero attached hydrogens (tertiary/aromatic N) is 5. The maximum absolute atomic E-state index is 13.1. The summed E-state index contributed by atoms with van der Waals surface area (Å²) in [6, 6.07) is 13.0. The zero-order valence-corrected chi connectivity index (χ0v) is 18.1. The number of ether oxygens (including phenoxy) is 1. The molecule has 0 saturated heterocycles. The summed E-state index contributed by atoms with van der Waals surface area (Å²) in [4.78, 5) is 16.7. The number of carbonyl (C=O) groups excluding carboxylic acids is 1. The Morgan fingerprint density at radius 3 is 2.75 bits per heavy atom. The highest BCUT2D eigenvalue weighted by Crippen LogP contribution is 2.26. The lowest BCUT2D eigenvalue weighted by Gasteiger charge is -2.10. The molecule has 11 heteroatoms. The first-order valence-corrected chi connectivity index (χ1v) is 10.7. The van der Waals surface area contributed by atoms with Gasteiger partial charge in [-0.3, -0.25) is 4.79 Å². The molecule has 4 rings (SSSR count). The Morgan fingerprint density at radius 2 is 1.97 bits per heavy atom. The van der Waals surface area contributed by atoms with Crippen LogP contribution < -0.4 is 10.1 Å². The maximum atomic E-state index is 13.1. The van der Waals surface area contributed by atoms with Crippen molar-refractivity contribution < 1.29 is 18.4 Å². The topological polar surface area (TPSA) is 108 Å². The van der Waals surface area contributed by atoms with Gasteiger partial charge < -0.3 is 19.1 Å². The summed E-state index contributed by atoms with van der Waals surface area (Å²) in [6.07, 6.45) is 0. The average molecular weight is 454 g/mol. The van der Waals surface area contributed by atoms with Crippen LogP contribution in [0.3, 0.4) is 0 Å². The Bertz CT molecular complexity index is 1220. The predicted octanol–water partition coefficient (Wildman–Crippen LogP) is 3.80. The summed E-state index contributed by atoms with van der Waals surface area (Å²) in [7, 11) is 1.74. The molecule has 0 fully saturated rings. The number of hydrogen-bond donors (Lipinski definition) is 1. The fraction of sp³-hybridized carbons (Fsp3) is 0.190. The molecular weight excluding hydrogens is 435 g/mol. The molecule has 2 aromatic heterocycles. The molecule has 0 aliphatic carbocycles. The fourth-order valence-corrected chi connectivity index (χ4v) is 3.54. The highest BCUT2D eigenvalue weighted by molar-refractivity contribution is 7.99. The minimum atomic E-state index is -0.349. The third-order valence-electron chi connectivity index (χ3n) is 4.35. The minimum Gasteiger partial charge on any atom is -0.492 e. The van der Waals surface area contributed by atoms with Gasteiger partial charge in [-0.25, -0.2) is 4.39 Å². The zero-order valence-electron chi connectivity index (χ0n) is 17.3. The standard InChI is InChI=1S/C21H19FN6O3S/c1-3-30-16-7-5-4-6-15(16)23-17(29)12-32-21-26-25-19(28(21)2)20-24-18(27-31-20)13-8-10-14(22)11-9-13/h4-11H,3,12H2,1-2H3,(H,23,29). The normalized spacial score (nSPS) is 10.8. The maximum Gasteiger partial charge on any atom is 0.296 e. The van der Waals surface area contributed by atoms with Crippen molar-refractivity contribution in [2.45, 2.75) is 12.1 Å². The molecule has 0 atom stereocenters. The van der Waals surface area contributed by atoms with Crippen LogP contribution in [0.4, 0.5) is 10.1 Å². The van der Waals surface area contributed by atoms with E-state index in [0.29, 0.717) is 40.4 Å². The van der Waals surface area contributed by atoms with E-state index in [1.165, 1.54) is 23.9 Å². The van der Waals surface area contributed by atoms with Gasteiger partial charge in [0.25, 0.3) is 5.89 Å². The second-order valence-corrected chi connectivity index (χ2v) is 7.50. The molecule has 32 heavy (non-hydrogen) atoms.